The van der Waals surface area contributed by atoms with Crippen LogP contribution in [0.4, 0.5) is 17.1 Å². The Morgan fingerprint density at radius 1 is 1.00 bits per heavy atom. The lowest BCUT2D eigenvalue weighted by molar-refractivity contribution is -0.141. The van der Waals surface area contributed by atoms with E-state index >= 15 is 0 Å². The number of para-hydroxylation sites is 1. The minimum Gasteiger partial charge on any atom is -0.482 e. The number of fused-ring (bicyclic) bond motifs is 1. The normalized spacial score (nSPS) is 12.4. The summed E-state index contributed by atoms with van der Waals surface area (Å²) in [5.41, 5.74) is 1.41. The molecule has 0 radical (unpaired) electrons. The van der Waals surface area contributed by atoms with Gasteiger partial charge in [-0.1, -0.05) is 18.2 Å². The second kappa shape index (κ2) is 9.55. The number of hydrogen-bond donors (Lipinski definition) is 2. The van der Waals surface area contributed by atoms with Crippen molar-refractivity contribution in [2.75, 3.05) is 35.8 Å². The third kappa shape index (κ3) is 5.34. The first-order chi connectivity index (χ1) is 14.5. The van der Waals surface area contributed by atoms with Crippen LogP contribution in [0.2, 0.25) is 0 Å². The Bertz CT molecular complexity index is 960. The zero-order valence-corrected chi connectivity index (χ0v) is 16.3. The third-order valence-electron chi connectivity index (χ3n) is 4.33. The van der Waals surface area contributed by atoms with Crippen molar-refractivity contribution < 1.29 is 28.7 Å². The molecule has 3 rings (SSSR count). The van der Waals surface area contributed by atoms with Crippen LogP contribution in [0.3, 0.4) is 0 Å². The summed E-state index contributed by atoms with van der Waals surface area (Å²) in [4.78, 5) is 49.3. The molecule has 9 heteroatoms. The molecule has 1 heterocycles. The summed E-state index contributed by atoms with van der Waals surface area (Å²) in [5.74, 6) is -1.17. The average Bonchev–Trinajstić information content (AvgIpc) is 2.75. The van der Waals surface area contributed by atoms with E-state index in [0.29, 0.717) is 22.8 Å². The molecule has 1 aliphatic rings. The molecule has 0 aromatic heterocycles. The molecule has 0 unspecified atom stereocenters. The lowest BCUT2D eigenvalue weighted by Crippen LogP contribution is -2.43. The van der Waals surface area contributed by atoms with Gasteiger partial charge in [0.15, 0.2) is 6.61 Å². The maximum Gasteiger partial charge on any atom is 0.306 e. The Balaban J connectivity index is 1.70. The van der Waals surface area contributed by atoms with Gasteiger partial charge in [-0.2, -0.15) is 0 Å². The second-order valence-corrected chi connectivity index (χ2v) is 6.49. The van der Waals surface area contributed by atoms with Crippen LogP contribution >= 0.6 is 0 Å². The molecule has 0 aliphatic carbocycles. The van der Waals surface area contributed by atoms with E-state index in [2.05, 4.69) is 15.4 Å². The van der Waals surface area contributed by atoms with Gasteiger partial charge in [-0.25, -0.2) is 0 Å². The molecule has 2 aromatic rings. The number of amides is 3. The van der Waals surface area contributed by atoms with Gasteiger partial charge in [0.2, 0.25) is 11.8 Å². The van der Waals surface area contributed by atoms with Gasteiger partial charge >= 0.3 is 5.97 Å². The van der Waals surface area contributed by atoms with Gasteiger partial charge in [0.25, 0.3) is 5.91 Å². The van der Waals surface area contributed by atoms with E-state index in [4.69, 9.17) is 4.74 Å². The summed E-state index contributed by atoms with van der Waals surface area (Å²) < 4.78 is 9.94. The number of carbonyl (C=O) groups is 4. The fraction of sp³-hybridized carbons (Fsp3) is 0.238. The molecule has 0 saturated heterocycles. The number of carbonyl (C=O) groups excluding carboxylic acids is 4. The number of benzene rings is 2. The van der Waals surface area contributed by atoms with E-state index < -0.39 is 5.97 Å². The Kier molecular flexibility index (Phi) is 6.63. The first-order valence-corrected chi connectivity index (χ1v) is 9.25. The zero-order chi connectivity index (χ0) is 21.5. The Hall–Kier alpha value is -3.88. The van der Waals surface area contributed by atoms with Crippen LogP contribution in [0.5, 0.6) is 5.75 Å². The summed E-state index contributed by atoms with van der Waals surface area (Å²) >= 11 is 0. The summed E-state index contributed by atoms with van der Waals surface area (Å²) in [7, 11) is 1.25. The Labute approximate surface area is 172 Å². The van der Waals surface area contributed by atoms with Crippen molar-refractivity contribution in [1.29, 1.82) is 0 Å². The molecule has 0 saturated carbocycles. The van der Waals surface area contributed by atoms with Gasteiger partial charge in [-0.15, -0.1) is 0 Å². The van der Waals surface area contributed by atoms with Gasteiger partial charge in [-0.05, 0) is 30.3 Å². The highest BCUT2D eigenvalue weighted by Gasteiger charge is 2.28. The van der Waals surface area contributed by atoms with Gasteiger partial charge in [0.05, 0.1) is 19.2 Å². The fourth-order valence-corrected chi connectivity index (χ4v) is 2.86. The van der Waals surface area contributed by atoms with Crippen molar-refractivity contribution in [1.82, 2.24) is 0 Å². The van der Waals surface area contributed by atoms with Crippen molar-refractivity contribution in [3.05, 3.63) is 48.5 Å². The number of hydrogen-bond acceptors (Lipinski definition) is 6. The van der Waals surface area contributed by atoms with Crippen molar-refractivity contribution in [2.45, 2.75) is 12.8 Å². The molecule has 3 amide bonds. The molecule has 9 nitrogen and oxygen atoms in total. The van der Waals surface area contributed by atoms with Gasteiger partial charge in [-0.3, -0.25) is 24.1 Å². The molecule has 1 aliphatic heterocycles. The molecule has 0 fully saturated rings. The highest BCUT2D eigenvalue weighted by Crippen LogP contribution is 2.34. The summed E-state index contributed by atoms with van der Waals surface area (Å²) in [6, 6.07) is 13.7. The molecule has 0 atom stereocenters. The van der Waals surface area contributed by atoms with Gasteiger partial charge in [0.1, 0.15) is 12.3 Å². The van der Waals surface area contributed by atoms with E-state index in [1.807, 2.05) is 6.07 Å². The zero-order valence-electron chi connectivity index (χ0n) is 16.3. The molecule has 2 N–H and O–H groups in total. The Morgan fingerprint density at radius 2 is 1.73 bits per heavy atom. The van der Waals surface area contributed by atoms with E-state index in [9.17, 15) is 19.2 Å². The number of nitrogens with zero attached hydrogens (tertiary/aromatic N) is 1. The van der Waals surface area contributed by atoms with Crippen molar-refractivity contribution >= 4 is 40.8 Å². The topological polar surface area (TPSA) is 114 Å². The highest BCUT2D eigenvalue weighted by atomic mass is 16.5. The second-order valence-electron chi connectivity index (χ2n) is 6.49. The Morgan fingerprint density at radius 3 is 2.47 bits per heavy atom. The minimum atomic E-state index is -0.481. The first kappa shape index (κ1) is 20.8. The maximum atomic E-state index is 12.4. The summed E-state index contributed by atoms with van der Waals surface area (Å²) in [6.07, 6.45) is -0.0803. The van der Waals surface area contributed by atoms with E-state index in [1.165, 1.54) is 12.0 Å². The number of methoxy groups -OCH3 is 1. The highest BCUT2D eigenvalue weighted by molar-refractivity contribution is 6.05. The maximum absolute atomic E-state index is 12.4. The third-order valence-corrected chi connectivity index (χ3v) is 4.33. The SMILES string of the molecule is COC(=O)CCC(=O)Nc1ccc2c(c1)N(CC(=O)Nc1ccccc1)C(=O)CO2. The van der Waals surface area contributed by atoms with Crippen molar-refractivity contribution in [3.63, 3.8) is 0 Å². The molecule has 156 valence electrons. The van der Waals surface area contributed by atoms with Crippen LogP contribution in [0.25, 0.3) is 0 Å². The lowest BCUT2D eigenvalue weighted by Gasteiger charge is -2.29. The number of ether oxygens (including phenoxy) is 2. The molecule has 30 heavy (non-hydrogen) atoms. The van der Waals surface area contributed by atoms with Crippen molar-refractivity contribution in [2.24, 2.45) is 0 Å². The fourth-order valence-electron chi connectivity index (χ4n) is 2.86. The largest absolute Gasteiger partial charge is 0.482 e. The lowest BCUT2D eigenvalue weighted by atomic mass is 10.2. The van der Waals surface area contributed by atoms with Gasteiger partial charge in [0, 0.05) is 17.8 Å². The van der Waals surface area contributed by atoms with E-state index in [0.717, 1.165) is 0 Å². The van der Waals surface area contributed by atoms with E-state index in [-0.39, 0.29) is 43.7 Å². The number of rotatable bonds is 7. The standard InChI is InChI=1S/C21H21N3O6/c1-29-21(28)10-9-18(25)23-15-7-8-17-16(11-15)24(20(27)13-30-17)12-19(26)22-14-5-3-2-4-6-14/h2-8,11H,9-10,12-13H2,1H3,(H,22,26)(H,23,25). The average molecular weight is 411 g/mol. The van der Waals surface area contributed by atoms with Crippen LogP contribution in [0, 0.1) is 0 Å². The van der Waals surface area contributed by atoms with Crippen LogP contribution in [0.15, 0.2) is 48.5 Å². The first-order valence-electron chi connectivity index (χ1n) is 9.25. The van der Waals surface area contributed by atoms with Crippen LogP contribution in [-0.4, -0.2) is 44.0 Å². The predicted octanol–water partition coefficient (Wildman–Crippen LogP) is 1.94. The van der Waals surface area contributed by atoms with Crippen molar-refractivity contribution in [3.8, 4) is 5.75 Å². The summed E-state index contributed by atoms with van der Waals surface area (Å²) in [6.45, 7) is -0.389. The molecule has 0 spiro atoms. The predicted molar refractivity (Wildman–Crippen MR) is 109 cm³/mol. The molecule has 0 bridgehead atoms. The quantitative estimate of drug-likeness (QED) is 0.673. The summed E-state index contributed by atoms with van der Waals surface area (Å²) in [5, 5.41) is 5.39. The molecular formula is C21H21N3O6. The number of nitrogens with one attached hydrogen (secondary N) is 2. The molecule has 2 aromatic carbocycles. The van der Waals surface area contributed by atoms with Gasteiger partial charge < -0.3 is 20.1 Å². The monoisotopic (exact) mass is 411 g/mol. The van der Waals surface area contributed by atoms with Crippen LogP contribution < -0.4 is 20.3 Å². The number of anilines is 3. The minimum absolute atomic E-state index is 0.0393. The van der Waals surface area contributed by atoms with Crippen LogP contribution in [0.1, 0.15) is 12.8 Å². The molecular weight excluding hydrogens is 390 g/mol. The van der Waals surface area contributed by atoms with E-state index in [1.54, 1.807) is 42.5 Å². The number of esters is 1. The van der Waals surface area contributed by atoms with Crippen LogP contribution in [-0.2, 0) is 23.9 Å². The smallest absolute Gasteiger partial charge is 0.306 e.